The van der Waals surface area contributed by atoms with Gasteiger partial charge in [-0.3, -0.25) is 4.79 Å². The maximum absolute atomic E-state index is 13.7. The van der Waals surface area contributed by atoms with Crippen LogP contribution in [-0.2, 0) is 17.9 Å². The van der Waals surface area contributed by atoms with Gasteiger partial charge in [-0.15, -0.1) is 0 Å². The van der Waals surface area contributed by atoms with Gasteiger partial charge in [0.1, 0.15) is 42.3 Å². The Kier molecular flexibility index (Phi) is 12.7. The Bertz CT molecular complexity index is 1680. The van der Waals surface area contributed by atoms with Crippen molar-refractivity contribution in [1.29, 1.82) is 0 Å². The SMILES string of the molecule is O=C1C(CCC(O)c2ccc(F)cc2)C(c2ccc(OCc3cccc(CNCC(O)C(O)C(O)C(O)CO)c3)cc2)N1c1ccc(F)cc1. The Hall–Kier alpha value is -4.27. The van der Waals surface area contributed by atoms with Crippen LogP contribution in [0.5, 0.6) is 5.75 Å². The molecule has 1 aliphatic heterocycles. The van der Waals surface area contributed by atoms with Crippen molar-refractivity contribution in [3.63, 3.8) is 0 Å². The van der Waals surface area contributed by atoms with Crippen LogP contribution in [0.25, 0.3) is 0 Å². The number of hydrogen-bond donors (Lipinski definition) is 7. The summed E-state index contributed by atoms with van der Waals surface area (Å²) in [5, 5.41) is 62.0. The fourth-order valence-electron chi connectivity index (χ4n) is 6.10. The number of rotatable bonds is 17. The van der Waals surface area contributed by atoms with E-state index in [4.69, 9.17) is 9.84 Å². The molecule has 1 amide bonds. The smallest absolute Gasteiger partial charge is 0.233 e. The first-order chi connectivity index (χ1) is 24.0. The lowest BCUT2D eigenvalue weighted by atomic mass is 9.78. The summed E-state index contributed by atoms with van der Waals surface area (Å²) in [5.41, 5.74) is 3.74. The van der Waals surface area contributed by atoms with E-state index < -0.39 is 54.7 Å². The minimum atomic E-state index is -1.69. The molecule has 0 saturated carbocycles. The van der Waals surface area contributed by atoms with Gasteiger partial charge in [-0.05, 0) is 83.6 Å². The summed E-state index contributed by atoms with van der Waals surface area (Å²) in [5.74, 6) is -0.774. The van der Waals surface area contributed by atoms with Crippen molar-refractivity contribution in [1.82, 2.24) is 5.32 Å². The van der Waals surface area contributed by atoms with Crippen molar-refractivity contribution in [3.8, 4) is 5.75 Å². The number of nitrogens with zero attached hydrogens (tertiary/aromatic N) is 1. The maximum Gasteiger partial charge on any atom is 0.233 e. The summed E-state index contributed by atoms with van der Waals surface area (Å²) in [6, 6.07) is 25.9. The quantitative estimate of drug-likeness (QED) is 0.0824. The Morgan fingerprint density at radius 2 is 1.40 bits per heavy atom. The lowest BCUT2D eigenvalue weighted by Gasteiger charge is -2.48. The molecular weight excluding hydrogens is 650 g/mol. The van der Waals surface area contributed by atoms with Crippen LogP contribution in [-0.4, -0.2) is 74.1 Å². The second-order valence-corrected chi connectivity index (χ2v) is 12.5. The molecule has 7 atom stereocenters. The molecule has 7 unspecified atom stereocenters. The molecule has 50 heavy (non-hydrogen) atoms. The highest BCUT2D eigenvalue weighted by Gasteiger charge is 2.48. The van der Waals surface area contributed by atoms with Crippen LogP contribution < -0.4 is 15.0 Å². The molecule has 0 bridgehead atoms. The zero-order chi connectivity index (χ0) is 35.8. The number of β-lactam (4-membered cyclic amide) rings is 1. The number of hydrogen-bond acceptors (Lipinski definition) is 9. The summed E-state index contributed by atoms with van der Waals surface area (Å²) in [7, 11) is 0. The average molecular weight is 693 g/mol. The molecule has 5 rings (SSSR count). The van der Waals surface area contributed by atoms with Crippen LogP contribution in [0.15, 0.2) is 97.1 Å². The van der Waals surface area contributed by atoms with E-state index in [0.29, 0.717) is 36.4 Å². The van der Waals surface area contributed by atoms with E-state index in [9.17, 15) is 39.1 Å². The molecule has 266 valence electrons. The van der Waals surface area contributed by atoms with Gasteiger partial charge < -0.3 is 45.6 Å². The monoisotopic (exact) mass is 692 g/mol. The normalized spacial score (nSPS) is 19.0. The van der Waals surface area contributed by atoms with Gasteiger partial charge in [-0.1, -0.05) is 48.5 Å². The van der Waals surface area contributed by atoms with E-state index in [1.165, 1.54) is 36.4 Å². The summed E-state index contributed by atoms with van der Waals surface area (Å²) in [4.78, 5) is 15.0. The Labute approximate surface area is 288 Å². The summed E-state index contributed by atoms with van der Waals surface area (Å²) in [6.45, 7) is -0.211. The second kappa shape index (κ2) is 17.1. The lowest BCUT2D eigenvalue weighted by molar-refractivity contribution is -0.131. The van der Waals surface area contributed by atoms with Crippen molar-refractivity contribution in [2.45, 2.75) is 62.6 Å². The van der Waals surface area contributed by atoms with Gasteiger partial charge in [-0.2, -0.15) is 0 Å². The van der Waals surface area contributed by atoms with E-state index in [0.717, 1.165) is 16.7 Å². The van der Waals surface area contributed by atoms with Gasteiger partial charge in [0, 0.05) is 18.8 Å². The highest BCUT2D eigenvalue weighted by atomic mass is 19.1. The van der Waals surface area contributed by atoms with Crippen LogP contribution in [0.4, 0.5) is 14.5 Å². The van der Waals surface area contributed by atoms with Gasteiger partial charge in [-0.25, -0.2) is 8.78 Å². The molecule has 1 saturated heterocycles. The number of benzene rings is 4. The number of aliphatic hydroxyl groups is 6. The van der Waals surface area contributed by atoms with E-state index in [1.807, 2.05) is 48.5 Å². The van der Waals surface area contributed by atoms with Gasteiger partial charge in [0.15, 0.2) is 0 Å². The molecule has 12 heteroatoms. The second-order valence-electron chi connectivity index (χ2n) is 12.5. The van der Waals surface area contributed by atoms with E-state index in [2.05, 4.69) is 5.32 Å². The third-order valence-electron chi connectivity index (χ3n) is 8.95. The van der Waals surface area contributed by atoms with Crippen molar-refractivity contribution in [2.24, 2.45) is 5.92 Å². The summed E-state index contributed by atoms with van der Waals surface area (Å²) >= 11 is 0. The van der Waals surface area contributed by atoms with Crippen molar-refractivity contribution in [3.05, 3.63) is 131 Å². The number of ether oxygens (including phenoxy) is 1. The zero-order valence-corrected chi connectivity index (χ0v) is 27.2. The molecule has 4 aromatic carbocycles. The lowest BCUT2D eigenvalue weighted by Crippen LogP contribution is -2.55. The standard InChI is InChI=1S/C38H42F2N2O8/c39-27-8-4-25(5-9-27)32(44)17-16-31-35(42(38(31)49)29-12-10-28(40)11-13-29)26-6-14-30(15-7-26)50-22-24-3-1-2-23(18-24)19-41-20-33(45)36(47)37(48)34(46)21-43/h1-15,18,31-37,41,43-48H,16-17,19-22H2. The fraction of sp³-hybridized carbons (Fsp3) is 0.342. The van der Waals surface area contributed by atoms with E-state index >= 15 is 0 Å². The van der Waals surface area contributed by atoms with Gasteiger partial charge in [0.25, 0.3) is 0 Å². The Balaban J connectivity index is 1.19. The number of nitrogens with one attached hydrogen (secondary N) is 1. The average Bonchev–Trinajstić information content (AvgIpc) is 3.13. The minimum absolute atomic E-state index is 0.0652. The van der Waals surface area contributed by atoms with Crippen LogP contribution in [0.3, 0.4) is 0 Å². The summed E-state index contributed by atoms with van der Waals surface area (Å²) < 4.78 is 33.1. The molecule has 0 aromatic heterocycles. The third-order valence-corrected chi connectivity index (χ3v) is 8.95. The molecular formula is C38H42F2N2O8. The molecule has 7 N–H and O–H groups in total. The van der Waals surface area contributed by atoms with Crippen molar-refractivity contribution in [2.75, 3.05) is 18.1 Å². The maximum atomic E-state index is 13.7. The van der Waals surface area contributed by atoms with Crippen LogP contribution >= 0.6 is 0 Å². The molecule has 1 aliphatic rings. The number of carbonyl (C=O) groups excluding carboxylic acids is 1. The Morgan fingerprint density at radius 3 is 2.06 bits per heavy atom. The van der Waals surface area contributed by atoms with Crippen LogP contribution in [0, 0.1) is 17.6 Å². The zero-order valence-electron chi connectivity index (χ0n) is 27.2. The van der Waals surface area contributed by atoms with Crippen molar-refractivity contribution < 1.29 is 49.0 Å². The van der Waals surface area contributed by atoms with Crippen molar-refractivity contribution >= 4 is 11.6 Å². The van der Waals surface area contributed by atoms with Crippen LogP contribution in [0.1, 0.15) is 47.2 Å². The molecule has 1 fully saturated rings. The predicted molar refractivity (Wildman–Crippen MR) is 181 cm³/mol. The van der Waals surface area contributed by atoms with Gasteiger partial charge in [0.05, 0.1) is 30.8 Å². The molecule has 0 aliphatic carbocycles. The largest absolute Gasteiger partial charge is 0.489 e. The first-order valence-corrected chi connectivity index (χ1v) is 16.4. The first-order valence-electron chi connectivity index (χ1n) is 16.4. The molecule has 10 nitrogen and oxygen atoms in total. The Morgan fingerprint density at radius 1 is 0.780 bits per heavy atom. The highest BCUT2D eigenvalue weighted by Crippen LogP contribution is 2.46. The van der Waals surface area contributed by atoms with Gasteiger partial charge in [0.2, 0.25) is 5.91 Å². The molecule has 0 spiro atoms. The number of halogens is 2. The van der Waals surface area contributed by atoms with Gasteiger partial charge >= 0.3 is 0 Å². The minimum Gasteiger partial charge on any atom is -0.489 e. The fourth-order valence-corrected chi connectivity index (χ4v) is 6.10. The van der Waals surface area contributed by atoms with Crippen LogP contribution in [0.2, 0.25) is 0 Å². The van der Waals surface area contributed by atoms with E-state index in [1.54, 1.807) is 17.0 Å². The number of anilines is 1. The molecule has 1 heterocycles. The number of amides is 1. The highest BCUT2D eigenvalue weighted by molar-refractivity contribution is 6.03. The number of aliphatic hydroxyl groups excluding tert-OH is 6. The first kappa shape index (κ1) is 37.0. The topological polar surface area (TPSA) is 163 Å². The molecule has 4 aromatic rings. The third kappa shape index (κ3) is 9.09. The number of carbonyl (C=O) groups is 1. The predicted octanol–water partition coefficient (Wildman–Crippen LogP) is 3.29. The summed E-state index contributed by atoms with van der Waals surface area (Å²) in [6.07, 6.45) is -6.44. The molecule has 0 radical (unpaired) electrons. The van der Waals surface area contributed by atoms with E-state index in [-0.39, 0.29) is 25.1 Å².